The number of hydrogen-bond acceptors (Lipinski definition) is 0. The third-order valence-corrected chi connectivity index (χ3v) is 0.607. The van der Waals surface area contributed by atoms with Crippen molar-refractivity contribution in [2.24, 2.45) is 0 Å². The summed E-state index contributed by atoms with van der Waals surface area (Å²) in [6.07, 6.45) is 0. The van der Waals surface area contributed by atoms with Crippen molar-refractivity contribution >= 4 is 23.1 Å². The van der Waals surface area contributed by atoms with E-state index in [1.54, 1.807) is 0 Å². The van der Waals surface area contributed by atoms with Crippen LogP contribution in [0.1, 0.15) is 0 Å². The van der Waals surface area contributed by atoms with Gasteiger partial charge in [-0.2, -0.15) is 36.4 Å². The predicted molar refractivity (Wildman–Crippen MR) is 31.0 cm³/mol. The summed E-state index contributed by atoms with van der Waals surface area (Å²) in [5.41, 5.74) is 0. The van der Waals surface area contributed by atoms with Gasteiger partial charge in [0.1, 0.15) is 0 Å². The SMILES string of the molecule is [Cl-].[Cl-].[Cu+].[Mg+2].[c-]1ccccc1. The Bertz CT molecular complexity index is 87.7. The third kappa shape index (κ3) is 11.8. The summed E-state index contributed by atoms with van der Waals surface area (Å²) >= 11 is 0. The minimum absolute atomic E-state index is 0. The van der Waals surface area contributed by atoms with Gasteiger partial charge in [-0.3, -0.25) is 0 Å². The van der Waals surface area contributed by atoms with Crippen LogP contribution in [-0.2, 0) is 17.1 Å². The summed E-state index contributed by atoms with van der Waals surface area (Å²) in [6.45, 7) is 0. The van der Waals surface area contributed by atoms with Crippen molar-refractivity contribution in [3.8, 4) is 0 Å². The molecule has 0 heterocycles. The molecule has 1 aromatic carbocycles. The molecule has 0 aromatic heterocycles. The van der Waals surface area contributed by atoms with Gasteiger partial charge in [-0.25, -0.2) is 0 Å². The molecule has 0 fully saturated rings. The maximum Gasteiger partial charge on any atom is 2.00 e. The molecule has 0 amide bonds. The Balaban J connectivity index is -0.0000000450. The quantitative estimate of drug-likeness (QED) is 0.313. The molecule has 0 spiro atoms. The summed E-state index contributed by atoms with van der Waals surface area (Å²) in [7, 11) is 0. The minimum atomic E-state index is 0. The third-order valence-electron chi connectivity index (χ3n) is 0.607. The van der Waals surface area contributed by atoms with Crippen molar-refractivity contribution in [1.29, 1.82) is 0 Å². The summed E-state index contributed by atoms with van der Waals surface area (Å²) in [4.78, 5) is 0. The Morgan fingerprint density at radius 1 is 0.800 bits per heavy atom. The standard InChI is InChI=1S/C6H5.2ClH.Cu.Mg/c1-2-4-6-5-3-1;;;;/h1-5H;2*1H;;/q-1;;;+1;+2/p-2. The summed E-state index contributed by atoms with van der Waals surface area (Å²) in [5.74, 6) is 0. The molecule has 0 radical (unpaired) electrons. The molecular formula is C6H5Cl2CuMg. The second-order valence-corrected chi connectivity index (χ2v) is 1.08. The Kier molecular flexibility index (Phi) is 37.2. The van der Waals surface area contributed by atoms with Crippen LogP contribution < -0.4 is 24.8 Å². The van der Waals surface area contributed by atoms with Crippen molar-refractivity contribution in [3.63, 3.8) is 0 Å². The van der Waals surface area contributed by atoms with Crippen molar-refractivity contribution in [2.45, 2.75) is 0 Å². The topological polar surface area (TPSA) is 0 Å². The molecule has 0 aliphatic carbocycles. The normalized spacial score (nSPS) is 4.80. The van der Waals surface area contributed by atoms with E-state index < -0.39 is 0 Å². The first-order valence-electron chi connectivity index (χ1n) is 1.91. The minimum Gasteiger partial charge on any atom is -1.00 e. The zero-order valence-electron chi connectivity index (χ0n) is 5.15. The molecule has 1 aromatic rings. The fourth-order valence-corrected chi connectivity index (χ4v) is 0.342. The van der Waals surface area contributed by atoms with Gasteiger partial charge >= 0.3 is 40.1 Å². The van der Waals surface area contributed by atoms with Gasteiger partial charge in [-0.15, -0.1) is 0 Å². The second-order valence-electron chi connectivity index (χ2n) is 1.08. The molecule has 0 unspecified atom stereocenters. The molecule has 0 N–H and O–H groups in total. The summed E-state index contributed by atoms with van der Waals surface area (Å²) in [5, 5.41) is 0. The predicted octanol–water partition coefficient (Wildman–Crippen LogP) is -4.89. The number of halogens is 2. The smallest absolute Gasteiger partial charge is 1.00 e. The van der Waals surface area contributed by atoms with E-state index in [2.05, 4.69) is 6.07 Å². The average molecular weight is 236 g/mol. The van der Waals surface area contributed by atoms with Gasteiger partial charge in [0.05, 0.1) is 0 Å². The van der Waals surface area contributed by atoms with E-state index in [1.807, 2.05) is 30.3 Å². The van der Waals surface area contributed by atoms with Gasteiger partial charge in [-0.1, -0.05) is 0 Å². The zero-order valence-corrected chi connectivity index (χ0v) is 9.02. The van der Waals surface area contributed by atoms with Crippen LogP contribution in [0.15, 0.2) is 30.3 Å². The molecule has 4 heteroatoms. The number of rotatable bonds is 0. The Labute approximate surface area is 101 Å². The summed E-state index contributed by atoms with van der Waals surface area (Å²) in [6, 6.07) is 12.5. The van der Waals surface area contributed by atoms with E-state index in [-0.39, 0.29) is 64.9 Å². The molecule has 0 aliphatic rings. The molecule has 0 aliphatic heterocycles. The van der Waals surface area contributed by atoms with Crippen LogP contribution in [0.3, 0.4) is 0 Å². The van der Waals surface area contributed by atoms with Gasteiger partial charge in [0.15, 0.2) is 0 Å². The van der Waals surface area contributed by atoms with Crippen molar-refractivity contribution in [2.75, 3.05) is 0 Å². The largest absolute Gasteiger partial charge is 2.00 e. The molecule has 0 saturated heterocycles. The average Bonchev–Trinajstić information content (AvgIpc) is 1.72. The van der Waals surface area contributed by atoms with Crippen LogP contribution in [0.5, 0.6) is 0 Å². The maximum atomic E-state index is 2.89. The van der Waals surface area contributed by atoms with Crippen molar-refractivity contribution in [1.82, 2.24) is 0 Å². The van der Waals surface area contributed by atoms with Gasteiger partial charge in [0.2, 0.25) is 0 Å². The molecule has 0 nitrogen and oxygen atoms in total. The van der Waals surface area contributed by atoms with Crippen LogP contribution >= 0.6 is 0 Å². The molecule has 10 heavy (non-hydrogen) atoms. The van der Waals surface area contributed by atoms with Crippen LogP contribution in [0.25, 0.3) is 0 Å². The van der Waals surface area contributed by atoms with E-state index in [0.717, 1.165) is 0 Å². The second kappa shape index (κ2) is 16.6. The van der Waals surface area contributed by atoms with Gasteiger partial charge in [0.25, 0.3) is 0 Å². The number of benzene rings is 1. The van der Waals surface area contributed by atoms with E-state index in [4.69, 9.17) is 0 Å². The van der Waals surface area contributed by atoms with Crippen LogP contribution in [0.4, 0.5) is 0 Å². The molecule has 56 valence electrons. The number of hydrogen-bond donors (Lipinski definition) is 0. The van der Waals surface area contributed by atoms with Gasteiger partial charge < -0.3 is 24.8 Å². The Hall–Kier alpha value is 1.09. The zero-order chi connectivity index (χ0) is 4.24. The first kappa shape index (κ1) is 22.5. The molecule has 0 saturated carbocycles. The Morgan fingerprint density at radius 2 is 1.20 bits per heavy atom. The van der Waals surface area contributed by atoms with E-state index in [0.29, 0.717) is 0 Å². The first-order valence-corrected chi connectivity index (χ1v) is 1.91. The monoisotopic (exact) mass is 234 g/mol. The summed E-state index contributed by atoms with van der Waals surface area (Å²) < 4.78 is 0. The van der Waals surface area contributed by atoms with E-state index in [1.165, 1.54) is 0 Å². The van der Waals surface area contributed by atoms with E-state index in [9.17, 15) is 0 Å². The maximum absolute atomic E-state index is 2.89. The van der Waals surface area contributed by atoms with Crippen LogP contribution in [0, 0.1) is 6.07 Å². The van der Waals surface area contributed by atoms with Crippen molar-refractivity contribution < 1.29 is 41.9 Å². The van der Waals surface area contributed by atoms with Gasteiger partial charge in [0, 0.05) is 0 Å². The molecule has 0 atom stereocenters. The van der Waals surface area contributed by atoms with Crippen LogP contribution in [-0.4, -0.2) is 23.1 Å². The fraction of sp³-hybridized carbons (Fsp3) is 0. The van der Waals surface area contributed by atoms with Crippen LogP contribution in [0.2, 0.25) is 0 Å². The molecular weight excluding hydrogens is 231 g/mol. The van der Waals surface area contributed by atoms with E-state index >= 15 is 0 Å². The first-order chi connectivity index (χ1) is 3.00. The van der Waals surface area contributed by atoms with Gasteiger partial charge in [-0.05, 0) is 0 Å². The van der Waals surface area contributed by atoms with Crippen molar-refractivity contribution in [3.05, 3.63) is 36.4 Å². The Morgan fingerprint density at radius 3 is 1.30 bits per heavy atom. The molecule has 0 bridgehead atoms. The fourth-order valence-electron chi connectivity index (χ4n) is 0.342. The molecule has 1 rings (SSSR count).